The highest BCUT2D eigenvalue weighted by Gasteiger charge is 2.34. The van der Waals surface area contributed by atoms with Crippen molar-refractivity contribution in [3.63, 3.8) is 0 Å². The zero-order valence-electron chi connectivity index (χ0n) is 11.4. The molecule has 0 aliphatic carbocycles. The predicted octanol–water partition coefficient (Wildman–Crippen LogP) is 1.42. The van der Waals surface area contributed by atoms with E-state index in [-0.39, 0.29) is 12.6 Å². The number of carboxylic acid groups (broad SMARTS) is 1. The van der Waals surface area contributed by atoms with Crippen LogP contribution >= 0.6 is 0 Å². The van der Waals surface area contributed by atoms with Crippen LogP contribution in [0.2, 0.25) is 0 Å². The second-order valence-electron chi connectivity index (χ2n) is 5.15. The van der Waals surface area contributed by atoms with Crippen LogP contribution in [-0.4, -0.2) is 40.3 Å². The van der Waals surface area contributed by atoms with E-state index in [4.69, 9.17) is 9.84 Å². The molecule has 2 atom stereocenters. The Labute approximate surface area is 112 Å². The molecule has 1 aromatic rings. The number of aliphatic carboxylic acids is 1. The van der Waals surface area contributed by atoms with E-state index in [1.165, 1.54) is 0 Å². The zero-order valence-corrected chi connectivity index (χ0v) is 11.4. The van der Waals surface area contributed by atoms with Crippen molar-refractivity contribution in [3.05, 3.63) is 17.5 Å². The molecule has 2 heterocycles. The molecule has 1 aliphatic rings. The van der Waals surface area contributed by atoms with Gasteiger partial charge in [0.05, 0.1) is 19.3 Å². The Morgan fingerprint density at radius 2 is 2.21 bits per heavy atom. The lowest BCUT2D eigenvalue weighted by Gasteiger charge is -2.17. The molecular weight excluding hydrogens is 246 g/mol. The van der Waals surface area contributed by atoms with Crippen LogP contribution in [0.15, 0.2) is 6.07 Å². The number of nitrogens with zero attached hydrogens (tertiary/aromatic N) is 2. The third-order valence-electron chi connectivity index (χ3n) is 3.18. The van der Waals surface area contributed by atoms with Crippen LogP contribution < -0.4 is 5.32 Å². The summed E-state index contributed by atoms with van der Waals surface area (Å²) in [5.41, 5.74) is 1.81. The van der Waals surface area contributed by atoms with E-state index in [1.54, 1.807) is 0 Å². The van der Waals surface area contributed by atoms with E-state index < -0.39 is 11.9 Å². The second kappa shape index (κ2) is 5.52. The highest BCUT2D eigenvalue weighted by Crippen LogP contribution is 2.19. The number of aryl methyl sites for hydroxylation is 1. The molecule has 1 aliphatic heterocycles. The van der Waals surface area contributed by atoms with Crippen molar-refractivity contribution in [2.45, 2.75) is 32.7 Å². The van der Waals surface area contributed by atoms with Crippen molar-refractivity contribution in [1.29, 1.82) is 0 Å². The first kappa shape index (κ1) is 13.7. The Kier molecular flexibility index (Phi) is 3.99. The number of carbonyl (C=O) groups is 1. The fraction of sp³-hybridized carbons (Fsp3) is 0.615. The van der Waals surface area contributed by atoms with Gasteiger partial charge < -0.3 is 15.2 Å². The Hall–Kier alpha value is -1.69. The minimum absolute atomic E-state index is 0.232. The topological polar surface area (TPSA) is 84.3 Å². The fourth-order valence-corrected chi connectivity index (χ4v) is 2.06. The third-order valence-corrected chi connectivity index (χ3v) is 3.18. The van der Waals surface area contributed by atoms with Crippen LogP contribution in [0.25, 0.3) is 0 Å². The Morgan fingerprint density at radius 1 is 1.47 bits per heavy atom. The monoisotopic (exact) mass is 265 g/mol. The predicted molar refractivity (Wildman–Crippen MR) is 70.2 cm³/mol. The Morgan fingerprint density at radius 3 is 2.84 bits per heavy atom. The standard InChI is InChI=1S/C13H19N3O3/c1-7(2)10-4-8(3)14-13(15-10)16-11-6-19-5-9(11)12(17)18/h4,7,9,11H,5-6H2,1-3H3,(H,17,18)(H,14,15,16). The molecule has 0 aromatic carbocycles. The molecule has 6 nitrogen and oxygen atoms in total. The summed E-state index contributed by atoms with van der Waals surface area (Å²) < 4.78 is 5.21. The van der Waals surface area contributed by atoms with Gasteiger partial charge in [0.25, 0.3) is 0 Å². The van der Waals surface area contributed by atoms with Crippen molar-refractivity contribution in [2.75, 3.05) is 18.5 Å². The molecule has 0 radical (unpaired) electrons. The second-order valence-corrected chi connectivity index (χ2v) is 5.15. The lowest BCUT2D eigenvalue weighted by molar-refractivity contribution is -0.141. The maximum absolute atomic E-state index is 11.1. The number of hydrogen-bond donors (Lipinski definition) is 2. The smallest absolute Gasteiger partial charge is 0.311 e. The summed E-state index contributed by atoms with van der Waals surface area (Å²) >= 11 is 0. The molecule has 1 aromatic heterocycles. The summed E-state index contributed by atoms with van der Waals surface area (Å²) in [6.07, 6.45) is 0. The lowest BCUT2D eigenvalue weighted by Crippen LogP contribution is -2.34. The number of anilines is 1. The molecule has 2 rings (SSSR count). The first-order valence-corrected chi connectivity index (χ1v) is 6.40. The number of carboxylic acids is 1. The summed E-state index contributed by atoms with van der Waals surface area (Å²) in [6, 6.07) is 1.66. The Bertz CT molecular complexity index is 476. The lowest BCUT2D eigenvalue weighted by atomic mass is 10.0. The van der Waals surface area contributed by atoms with E-state index in [0.29, 0.717) is 18.5 Å². The average molecular weight is 265 g/mol. The summed E-state index contributed by atoms with van der Waals surface area (Å²) in [6.45, 7) is 6.62. The number of ether oxygens (including phenoxy) is 1. The molecule has 104 valence electrons. The summed E-state index contributed by atoms with van der Waals surface area (Å²) in [5.74, 6) is -0.624. The largest absolute Gasteiger partial charge is 0.481 e. The van der Waals surface area contributed by atoms with Gasteiger partial charge in [-0.25, -0.2) is 9.97 Å². The first-order chi connectivity index (χ1) is 8.97. The van der Waals surface area contributed by atoms with Crippen molar-refractivity contribution < 1.29 is 14.6 Å². The van der Waals surface area contributed by atoms with E-state index in [0.717, 1.165) is 11.4 Å². The van der Waals surface area contributed by atoms with E-state index in [2.05, 4.69) is 29.1 Å². The van der Waals surface area contributed by atoms with Crippen molar-refractivity contribution in [1.82, 2.24) is 9.97 Å². The first-order valence-electron chi connectivity index (χ1n) is 6.40. The van der Waals surface area contributed by atoms with Gasteiger partial charge in [-0.2, -0.15) is 0 Å². The summed E-state index contributed by atoms with van der Waals surface area (Å²) in [4.78, 5) is 19.8. The maximum Gasteiger partial charge on any atom is 0.311 e. The van der Waals surface area contributed by atoms with Gasteiger partial charge >= 0.3 is 5.97 Å². The number of aromatic nitrogens is 2. The molecule has 19 heavy (non-hydrogen) atoms. The molecule has 0 amide bonds. The quantitative estimate of drug-likeness (QED) is 0.856. The molecule has 1 fully saturated rings. The molecule has 6 heteroatoms. The molecule has 0 spiro atoms. The van der Waals surface area contributed by atoms with Crippen LogP contribution in [0.1, 0.15) is 31.2 Å². The van der Waals surface area contributed by atoms with Crippen LogP contribution in [0.4, 0.5) is 5.95 Å². The Balaban J connectivity index is 2.16. The highest BCUT2D eigenvalue weighted by atomic mass is 16.5. The average Bonchev–Trinajstić information content (AvgIpc) is 2.76. The van der Waals surface area contributed by atoms with Gasteiger partial charge in [0.2, 0.25) is 5.95 Å². The highest BCUT2D eigenvalue weighted by molar-refractivity contribution is 5.72. The van der Waals surface area contributed by atoms with Gasteiger partial charge in [-0.3, -0.25) is 4.79 Å². The van der Waals surface area contributed by atoms with E-state index in [1.807, 2.05) is 13.0 Å². The summed E-state index contributed by atoms with van der Waals surface area (Å²) in [7, 11) is 0. The number of hydrogen-bond acceptors (Lipinski definition) is 5. The molecule has 1 saturated heterocycles. The van der Waals surface area contributed by atoms with Gasteiger partial charge in [-0.05, 0) is 18.9 Å². The third kappa shape index (κ3) is 3.20. The SMILES string of the molecule is Cc1cc(C(C)C)nc(NC2COCC2C(=O)O)n1. The maximum atomic E-state index is 11.1. The number of nitrogens with one attached hydrogen (secondary N) is 1. The molecule has 2 N–H and O–H groups in total. The van der Waals surface area contributed by atoms with Gasteiger partial charge in [0.1, 0.15) is 5.92 Å². The summed E-state index contributed by atoms with van der Waals surface area (Å²) in [5, 5.41) is 12.2. The van der Waals surface area contributed by atoms with Crippen molar-refractivity contribution in [2.24, 2.45) is 5.92 Å². The minimum atomic E-state index is -0.855. The number of rotatable bonds is 4. The van der Waals surface area contributed by atoms with Gasteiger partial charge in [0, 0.05) is 11.4 Å². The van der Waals surface area contributed by atoms with Crippen LogP contribution in [0.3, 0.4) is 0 Å². The fourth-order valence-electron chi connectivity index (χ4n) is 2.06. The molecule has 2 unspecified atom stereocenters. The normalized spacial score (nSPS) is 22.7. The van der Waals surface area contributed by atoms with E-state index >= 15 is 0 Å². The van der Waals surface area contributed by atoms with Gasteiger partial charge in [-0.15, -0.1) is 0 Å². The van der Waals surface area contributed by atoms with E-state index in [9.17, 15) is 4.79 Å². The zero-order chi connectivity index (χ0) is 14.0. The molecular formula is C13H19N3O3. The van der Waals surface area contributed by atoms with Gasteiger partial charge in [0.15, 0.2) is 0 Å². The van der Waals surface area contributed by atoms with Crippen molar-refractivity contribution in [3.8, 4) is 0 Å². The van der Waals surface area contributed by atoms with Crippen LogP contribution in [-0.2, 0) is 9.53 Å². The molecule has 0 bridgehead atoms. The minimum Gasteiger partial charge on any atom is -0.481 e. The van der Waals surface area contributed by atoms with Gasteiger partial charge in [-0.1, -0.05) is 13.8 Å². The van der Waals surface area contributed by atoms with Crippen LogP contribution in [0, 0.1) is 12.8 Å². The van der Waals surface area contributed by atoms with Crippen LogP contribution in [0.5, 0.6) is 0 Å². The van der Waals surface area contributed by atoms with Crippen molar-refractivity contribution >= 4 is 11.9 Å². The molecule has 0 saturated carbocycles.